The number of sulfonamides is 1. The molecular formula is C10H15N5O3S2. The lowest BCUT2D eigenvalue weighted by Gasteiger charge is -2.22. The van der Waals surface area contributed by atoms with Gasteiger partial charge in [0.1, 0.15) is 0 Å². The summed E-state index contributed by atoms with van der Waals surface area (Å²) in [5.41, 5.74) is 2.35. The number of rotatable bonds is 4. The lowest BCUT2D eigenvalue weighted by Crippen LogP contribution is -2.39. The second-order valence-electron chi connectivity index (χ2n) is 4.47. The van der Waals surface area contributed by atoms with Crippen LogP contribution in [0.15, 0.2) is 16.6 Å². The molecule has 3 rings (SSSR count). The number of nitrogens with two attached hydrogens (primary N) is 1. The molecule has 0 aliphatic carbocycles. The molecule has 10 heteroatoms. The van der Waals surface area contributed by atoms with E-state index < -0.39 is 10.0 Å². The molecular weight excluding hydrogens is 302 g/mol. The van der Waals surface area contributed by atoms with E-state index in [4.69, 9.17) is 10.6 Å². The summed E-state index contributed by atoms with van der Waals surface area (Å²) in [7, 11) is -3.70. The van der Waals surface area contributed by atoms with Crippen molar-refractivity contribution in [1.82, 2.24) is 14.1 Å². The number of fused-ring (bicyclic) bond motifs is 1. The Kier molecular flexibility index (Phi) is 3.65. The standard InChI is InChI=1S/C10H15N5O3S2/c11-13-8-9(15-3-6-19-10(15)12-8)20(16,17)14-7-1-4-18-5-2-7/h3,6-7,13-14H,1-2,4-5,11H2. The largest absolute Gasteiger partial charge is 0.381 e. The molecule has 0 saturated carbocycles. The Morgan fingerprint density at radius 2 is 2.20 bits per heavy atom. The van der Waals surface area contributed by atoms with Crippen molar-refractivity contribution in [2.45, 2.75) is 23.9 Å². The van der Waals surface area contributed by atoms with E-state index in [0.29, 0.717) is 31.0 Å². The maximum atomic E-state index is 12.5. The smallest absolute Gasteiger partial charge is 0.260 e. The fourth-order valence-corrected chi connectivity index (χ4v) is 4.53. The minimum atomic E-state index is -3.70. The Hall–Kier alpha value is -1.20. The zero-order valence-electron chi connectivity index (χ0n) is 10.6. The van der Waals surface area contributed by atoms with Crippen molar-refractivity contribution in [3.8, 4) is 0 Å². The van der Waals surface area contributed by atoms with Crippen LogP contribution in [0.3, 0.4) is 0 Å². The SMILES string of the molecule is NNc1nc2sccn2c1S(=O)(=O)NC1CCOCC1. The first kappa shape index (κ1) is 13.8. The number of nitrogens with zero attached hydrogens (tertiary/aromatic N) is 2. The molecule has 2 aromatic rings. The van der Waals surface area contributed by atoms with Crippen molar-refractivity contribution in [1.29, 1.82) is 0 Å². The Labute approximate surface area is 120 Å². The van der Waals surface area contributed by atoms with Crippen LogP contribution in [0.25, 0.3) is 4.96 Å². The van der Waals surface area contributed by atoms with E-state index in [1.807, 2.05) is 0 Å². The normalized spacial score (nSPS) is 17.6. The predicted molar refractivity (Wildman–Crippen MR) is 75.0 cm³/mol. The van der Waals surface area contributed by atoms with Crippen LogP contribution in [0.2, 0.25) is 0 Å². The summed E-state index contributed by atoms with van der Waals surface area (Å²) in [6.07, 6.45) is 2.98. The van der Waals surface area contributed by atoms with Gasteiger partial charge in [0.25, 0.3) is 10.0 Å². The number of nitrogen functional groups attached to an aromatic ring is 1. The van der Waals surface area contributed by atoms with Gasteiger partial charge in [-0.25, -0.2) is 19.0 Å². The number of aromatic nitrogens is 2. The van der Waals surface area contributed by atoms with Crippen LogP contribution < -0.4 is 16.0 Å². The van der Waals surface area contributed by atoms with E-state index >= 15 is 0 Å². The van der Waals surface area contributed by atoms with Gasteiger partial charge in [0.2, 0.25) is 5.03 Å². The number of nitrogens with one attached hydrogen (secondary N) is 2. The van der Waals surface area contributed by atoms with Gasteiger partial charge in [-0.2, -0.15) is 4.98 Å². The van der Waals surface area contributed by atoms with Crippen molar-refractivity contribution < 1.29 is 13.2 Å². The molecule has 0 unspecified atom stereocenters. The highest BCUT2D eigenvalue weighted by Crippen LogP contribution is 2.25. The summed E-state index contributed by atoms with van der Waals surface area (Å²) >= 11 is 1.34. The van der Waals surface area contributed by atoms with E-state index in [-0.39, 0.29) is 16.9 Å². The average Bonchev–Trinajstić information content (AvgIpc) is 2.98. The number of hydrazine groups is 1. The number of imidazole rings is 1. The minimum Gasteiger partial charge on any atom is -0.381 e. The summed E-state index contributed by atoms with van der Waals surface area (Å²) < 4.78 is 34.5. The van der Waals surface area contributed by atoms with Crippen LogP contribution >= 0.6 is 11.3 Å². The number of anilines is 1. The van der Waals surface area contributed by atoms with Crippen LogP contribution in [0.4, 0.5) is 5.82 Å². The van der Waals surface area contributed by atoms with Crippen molar-refractivity contribution in [2.24, 2.45) is 5.84 Å². The van der Waals surface area contributed by atoms with E-state index in [9.17, 15) is 8.42 Å². The lowest BCUT2D eigenvalue weighted by molar-refractivity contribution is 0.0832. The molecule has 0 radical (unpaired) electrons. The molecule has 1 saturated heterocycles. The van der Waals surface area contributed by atoms with Gasteiger partial charge in [-0.15, -0.1) is 11.3 Å². The molecule has 110 valence electrons. The summed E-state index contributed by atoms with van der Waals surface area (Å²) in [4.78, 5) is 4.73. The van der Waals surface area contributed by atoms with Gasteiger partial charge in [0.15, 0.2) is 10.8 Å². The maximum absolute atomic E-state index is 12.5. The molecule has 0 aromatic carbocycles. The first-order valence-electron chi connectivity index (χ1n) is 6.14. The van der Waals surface area contributed by atoms with Gasteiger partial charge >= 0.3 is 0 Å². The molecule has 0 spiro atoms. The van der Waals surface area contributed by atoms with Crippen LogP contribution in [-0.4, -0.2) is 37.1 Å². The molecule has 0 atom stereocenters. The summed E-state index contributed by atoms with van der Waals surface area (Å²) in [5.74, 6) is 5.52. The zero-order valence-corrected chi connectivity index (χ0v) is 12.2. The third-order valence-electron chi connectivity index (χ3n) is 3.15. The van der Waals surface area contributed by atoms with E-state index in [1.165, 1.54) is 15.7 Å². The number of hydrogen-bond donors (Lipinski definition) is 3. The van der Waals surface area contributed by atoms with Gasteiger partial charge < -0.3 is 10.2 Å². The average molecular weight is 317 g/mol. The van der Waals surface area contributed by atoms with Gasteiger partial charge in [-0.1, -0.05) is 0 Å². The van der Waals surface area contributed by atoms with Gasteiger partial charge in [0, 0.05) is 30.8 Å². The highest BCUT2D eigenvalue weighted by atomic mass is 32.2. The minimum absolute atomic E-state index is 0.0442. The van der Waals surface area contributed by atoms with Crippen molar-refractivity contribution in [3.05, 3.63) is 11.6 Å². The molecule has 2 aromatic heterocycles. The van der Waals surface area contributed by atoms with E-state index in [2.05, 4.69) is 15.1 Å². The summed E-state index contributed by atoms with van der Waals surface area (Å²) in [6.45, 7) is 1.13. The van der Waals surface area contributed by atoms with Crippen LogP contribution in [-0.2, 0) is 14.8 Å². The first-order chi connectivity index (χ1) is 9.62. The first-order valence-corrected chi connectivity index (χ1v) is 8.50. The third-order valence-corrected chi connectivity index (χ3v) is 5.45. The lowest BCUT2D eigenvalue weighted by atomic mass is 10.1. The second-order valence-corrected chi connectivity index (χ2v) is 6.98. The Morgan fingerprint density at radius 1 is 1.45 bits per heavy atom. The number of thiazole rings is 1. The van der Waals surface area contributed by atoms with Crippen LogP contribution in [0.5, 0.6) is 0 Å². The van der Waals surface area contributed by atoms with Gasteiger partial charge in [-0.05, 0) is 12.8 Å². The Balaban J connectivity index is 1.97. The highest BCUT2D eigenvalue weighted by Gasteiger charge is 2.29. The number of hydrogen-bond acceptors (Lipinski definition) is 7. The predicted octanol–water partition coefficient (Wildman–Crippen LogP) is 0.139. The Bertz CT molecular complexity index is 702. The Morgan fingerprint density at radius 3 is 2.90 bits per heavy atom. The van der Waals surface area contributed by atoms with E-state index in [0.717, 1.165) is 0 Å². The zero-order chi connectivity index (χ0) is 14.2. The molecule has 20 heavy (non-hydrogen) atoms. The van der Waals surface area contributed by atoms with Crippen molar-refractivity contribution in [3.63, 3.8) is 0 Å². The highest BCUT2D eigenvalue weighted by molar-refractivity contribution is 7.89. The second kappa shape index (κ2) is 5.30. The van der Waals surface area contributed by atoms with Crippen LogP contribution in [0, 0.1) is 0 Å². The molecule has 1 fully saturated rings. The molecule has 4 N–H and O–H groups in total. The van der Waals surface area contributed by atoms with Gasteiger partial charge in [-0.3, -0.25) is 4.40 Å². The summed E-state index contributed by atoms with van der Waals surface area (Å²) in [6, 6.07) is -0.122. The van der Waals surface area contributed by atoms with Crippen molar-refractivity contribution in [2.75, 3.05) is 18.6 Å². The van der Waals surface area contributed by atoms with Gasteiger partial charge in [0.05, 0.1) is 0 Å². The molecule has 0 amide bonds. The van der Waals surface area contributed by atoms with Crippen LogP contribution in [0.1, 0.15) is 12.8 Å². The molecule has 0 bridgehead atoms. The fraction of sp³-hybridized carbons (Fsp3) is 0.500. The maximum Gasteiger partial charge on any atom is 0.260 e. The van der Waals surface area contributed by atoms with E-state index in [1.54, 1.807) is 11.6 Å². The molecule has 3 heterocycles. The molecule has 1 aliphatic heterocycles. The monoisotopic (exact) mass is 317 g/mol. The molecule has 8 nitrogen and oxygen atoms in total. The quantitative estimate of drug-likeness (QED) is 0.546. The topological polar surface area (TPSA) is 111 Å². The summed E-state index contributed by atoms with van der Waals surface area (Å²) in [5, 5.41) is 1.82. The number of ether oxygens (including phenoxy) is 1. The van der Waals surface area contributed by atoms with Crippen molar-refractivity contribution >= 4 is 32.1 Å². The molecule has 1 aliphatic rings. The third kappa shape index (κ3) is 2.40. The fourth-order valence-electron chi connectivity index (χ4n) is 2.21.